The number of halogens is 1. The molecule has 5 heteroatoms. The van der Waals surface area contributed by atoms with Gasteiger partial charge in [-0.25, -0.2) is 4.39 Å². The number of anilines is 1. The van der Waals surface area contributed by atoms with E-state index in [9.17, 15) is 9.50 Å². The van der Waals surface area contributed by atoms with Gasteiger partial charge in [-0.2, -0.15) is 0 Å². The number of para-hydroxylation sites is 1. The number of hydrogen-bond donors (Lipinski definition) is 1. The lowest BCUT2D eigenvalue weighted by molar-refractivity contribution is 0.0662. The Bertz CT molecular complexity index is 670. The monoisotopic (exact) mass is 344 g/mol. The van der Waals surface area contributed by atoms with Gasteiger partial charge in [0.1, 0.15) is 24.3 Å². The van der Waals surface area contributed by atoms with Crippen molar-refractivity contribution < 1.29 is 14.2 Å². The average Bonchev–Trinajstić information content (AvgIpc) is 2.62. The van der Waals surface area contributed by atoms with E-state index < -0.39 is 6.10 Å². The van der Waals surface area contributed by atoms with Crippen molar-refractivity contribution in [3.63, 3.8) is 0 Å². The third-order valence-electron chi connectivity index (χ3n) is 4.50. The van der Waals surface area contributed by atoms with Gasteiger partial charge in [0, 0.05) is 32.7 Å². The zero-order valence-electron chi connectivity index (χ0n) is 14.6. The maximum absolute atomic E-state index is 13.9. The molecule has 1 saturated heterocycles. The minimum atomic E-state index is -0.540. The molecule has 3 rings (SSSR count). The Kier molecular flexibility index (Phi) is 5.89. The van der Waals surface area contributed by atoms with Crippen molar-refractivity contribution >= 4 is 5.69 Å². The largest absolute Gasteiger partial charge is 0.491 e. The van der Waals surface area contributed by atoms with Crippen LogP contribution in [0.15, 0.2) is 48.5 Å². The summed E-state index contributed by atoms with van der Waals surface area (Å²) in [6.07, 6.45) is -0.540. The number of rotatable bonds is 6. The Balaban J connectivity index is 1.42. The summed E-state index contributed by atoms with van der Waals surface area (Å²) in [6.45, 7) is 5.98. The fraction of sp³-hybridized carbons (Fsp3) is 0.400. The topological polar surface area (TPSA) is 35.9 Å². The minimum absolute atomic E-state index is 0.178. The van der Waals surface area contributed by atoms with E-state index in [-0.39, 0.29) is 12.4 Å². The molecule has 1 unspecified atom stereocenters. The SMILES string of the molecule is Cc1ccc(OCC(O)CN2CCN(c3ccccc3F)CC2)cc1. The Morgan fingerprint density at radius 3 is 2.40 bits per heavy atom. The molecule has 1 heterocycles. The third-order valence-corrected chi connectivity index (χ3v) is 4.50. The molecule has 1 aliphatic rings. The molecular formula is C20H25FN2O2. The zero-order valence-corrected chi connectivity index (χ0v) is 14.6. The van der Waals surface area contributed by atoms with Crippen LogP contribution in [0.25, 0.3) is 0 Å². The quantitative estimate of drug-likeness (QED) is 0.874. The first-order valence-corrected chi connectivity index (χ1v) is 8.71. The molecule has 1 aliphatic heterocycles. The number of aliphatic hydroxyl groups excluding tert-OH is 1. The highest BCUT2D eigenvalue weighted by atomic mass is 19.1. The van der Waals surface area contributed by atoms with Gasteiger partial charge in [0.15, 0.2) is 0 Å². The van der Waals surface area contributed by atoms with Crippen LogP contribution in [-0.2, 0) is 0 Å². The maximum Gasteiger partial charge on any atom is 0.146 e. The van der Waals surface area contributed by atoms with Crippen LogP contribution in [0.5, 0.6) is 5.75 Å². The third kappa shape index (κ3) is 4.94. The Morgan fingerprint density at radius 1 is 1.04 bits per heavy atom. The second-order valence-electron chi connectivity index (χ2n) is 6.52. The molecule has 0 saturated carbocycles. The van der Waals surface area contributed by atoms with Crippen LogP contribution in [0.2, 0.25) is 0 Å². The predicted molar refractivity (Wildman–Crippen MR) is 97.7 cm³/mol. The number of ether oxygens (including phenoxy) is 1. The number of piperazine rings is 1. The highest BCUT2D eigenvalue weighted by molar-refractivity contribution is 5.48. The van der Waals surface area contributed by atoms with Gasteiger partial charge in [-0.05, 0) is 31.2 Å². The molecule has 0 aromatic heterocycles. The molecule has 0 amide bonds. The minimum Gasteiger partial charge on any atom is -0.491 e. The zero-order chi connectivity index (χ0) is 17.6. The van der Waals surface area contributed by atoms with E-state index in [0.717, 1.165) is 31.9 Å². The van der Waals surface area contributed by atoms with Crippen molar-refractivity contribution in [2.24, 2.45) is 0 Å². The van der Waals surface area contributed by atoms with E-state index in [1.54, 1.807) is 6.07 Å². The summed E-state index contributed by atoms with van der Waals surface area (Å²) in [5.41, 5.74) is 1.84. The molecule has 2 aromatic carbocycles. The molecule has 4 nitrogen and oxygen atoms in total. The number of benzene rings is 2. The molecular weight excluding hydrogens is 319 g/mol. The van der Waals surface area contributed by atoms with Crippen molar-refractivity contribution in [3.05, 3.63) is 59.9 Å². The summed E-state index contributed by atoms with van der Waals surface area (Å²) in [4.78, 5) is 4.25. The molecule has 1 N–H and O–H groups in total. The van der Waals surface area contributed by atoms with Crippen LogP contribution in [0.4, 0.5) is 10.1 Å². The smallest absolute Gasteiger partial charge is 0.146 e. The van der Waals surface area contributed by atoms with Crippen LogP contribution in [-0.4, -0.2) is 55.4 Å². The fourth-order valence-electron chi connectivity index (χ4n) is 3.06. The van der Waals surface area contributed by atoms with Gasteiger partial charge in [-0.3, -0.25) is 4.90 Å². The lowest BCUT2D eigenvalue weighted by Crippen LogP contribution is -2.49. The average molecular weight is 344 g/mol. The normalized spacial score (nSPS) is 16.7. The van der Waals surface area contributed by atoms with Gasteiger partial charge in [-0.15, -0.1) is 0 Å². The van der Waals surface area contributed by atoms with Crippen LogP contribution in [0.3, 0.4) is 0 Å². The van der Waals surface area contributed by atoms with E-state index in [2.05, 4.69) is 9.80 Å². The molecule has 134 valence electrons. The van der Waals surface area contributed by atoms with E-state index in [1.807, 2.05) is 43.3 Å². The molecule has 1 atom stereocenters. The highest BCUT2D eigenvalue weighted by Crippen LogP contribution is 2.20. The van der Waals surface area contributed by atoms with Gasteiger partial charge in [-0.1, -0.05) is 29.8 Å². The summed E-state index contributed by atoms with van der Waals surface area (Å²) in [6, 6.07) is 14.7. The summed E-state index contributed by atoms with van der Waals surface area (Å²) in [7, 11) is 0. The molecule has 1 fully saturated rings. The van der Waals surface area contributed by atoms with Crippen LogP contribution < -0.4 is 9.64 Å². The Labute approximate surface area is 148 Å². The van der Waals surface area contributed by atoms with Crippen molar-refractivity contribution in [1.29, 1.82) is 0 Å². The molecule has 0 bridgehead atoms. The summed E-state index contributed by atoms with van der Waals surface area (Å²) < 4.78 is 19.5. The van der Waals surface area contributed by atoms with E-state index in [1.165, 1.54) is 11.6 Å². The van der Waals surface area contributed by atoms with Gasteiger partial charge in [0.25, 0.3) is 0 Å². The summed E-state index contributed by atoms with van der Waals surface area (Å²) in [5.74, 6) is 0.594. The fourth-order valence-corrected chi connectivity index (χ4v) is 3.06. The number of hydrogen-bond acceptors (Lipinski definition) is 4. The highest BCUT2D eigenvalue weighted by Gasteiger charge is 2.21. The number of nitrogens with zero attached hydrogens (tertiary/aromatic N) is 2. The molecule has 0 radical (unpaired) electrons. The second-order valence-corrected chi connectivity index (χ2v) is 6.52. The second kappa shape index (κ2) is 8.32. The molecule has 25 heavy (non-hydrogen) atoms. The first kappa shape index (κ1) is 17.7. The summed E-state index contributed by atoms with van der Waals surface area (Å²) in [5, 5.41) is 10.2. The van der Waals surface area contributed by atoms with Gasteiger partial charge >= 0.3 is 0 Å². The molecule has 0 aliphatic carbocycles. The van der Waals surface area contributed by atoms with E-state index in [0.29, 0.717) is 12.2 Å². The number of β-amino-alcohol motifs (C(OH)–C–C–N with tert-alkyl or cyclic N) is 1. The van der Waals surface area contributed by atoms with Crippen LogP contribution in [0.1, 0.15) is 5.56 Å². The molecule has 2 aromatic rings. The van der Waals surface area contributed by atoms with Crippen LogP contribution in [0, 0.1) is 12.7 Å². The number of aliphatic hydroxyl groups is 1. The van der Waals surface area contributed by atoms with Crippen LogP contribution >= 0.6 is 0 Å². The lowest BCUT2D eigenvalue weighted by atomic mass is 10.2. The first-order valence-electron chi connectivity index (χ1n) is 8.71. The standard InChI is InChI=1S/C20H25FN2O2/c1-16-6-8-18(9-7-16)25-15-17(24)14-22-10-12-23(13-11-22)20-5-3-2-4-19(20)21/h2-9,17,24H,10-15H2,1H3. The van der Waals surface area contributed by atoms with Crippen molar-refractivity contribution in [2.45, 2.75) is 13.0 Å². The van der Waals surface area contributed by atoms with Gasteiger partial charge < -0.3 is 14.7 Å². The van der Waals surface area contributed by atoms with Gasteiger partial charge in [0.2, 0.25) is 0 Å². The van der Waals surface area contributed by atoms with Crippen molar-refractivity contribution in [3.8, 4) is 5.75 Å². The van der Waals surface area contributed by atoms with E-state index >= 15 is 0 Å². The number of aryl methyl sites for hydroxylation is 1. The van der Waals surface area contributed by atoms with Gasteiger partial charge in [0.05, 0.1) is 5.69 Å². The van der Waals surface area contributed by atoms with Crippen molar-refractivity contribution in [2.75, 3.05) is 44.2 Å². The first-order chi connectivity index (χ1) is 12.1. The van der Waals surface area contributed by atoms with E-state index in [4.69, 9.17) is 4.74 Å². The Hall–Kier alpha value is -2.11. The molecule has 0 spiro atoms. The van der Waals surface area contributed by atoms with Crippen molar-refractivity contribution in [1.82, 2.24) is 4.90 Å². The Morgan fingerprint density at radius 2 is 1.72 bits per heavy atom. The maximum atomic E-state index is 13.9. The summed E-state index contributed by atoms with van der Waals surface area (Å²) >= 11 is 0. The lowest BCUT2D eigenvalue weighted by Gasteiger charge is -2.36. The predicted octanol–water partition coefficient (Wildman–Crippen LogP) is 2.70.